The maximum absolute atomic E-state index is 13.9. The number of ether oxygens (including phenoxy) is 1. The Bertz CT molecular complexity index is 1440. The number of nitrogens with two attached hydrogens (primary N) is 1. The van der Waals surface area contributed by atoms with E-state index in [1.165, 1.54) is 10.6 Å². The van der Waals surface area contributed by atoms with E-state index in [0.29, 0.717) is 51.9 Å². The van der Waals surface area contributed by atoms with Crippen LogP contribution in [0.4, 0.5) is 5.69 Å². The summed E-state index contributed by atoms with van der Waals surface area (Å²) in [6, 6.07) is 14.6. The predicted octanol–water partition coefficient (Wildman–Crippen LogP) is 2.80. The second-order valence-electron chi connectivity index (χ2n) is 11.8. The summed E-state index contributed by atoms with van der Waals surface area (Å²) in [5.41, 5.74) is 8.29. The Kier molecular flexibility index (Phi) is 7.43. The van der Waals surface area contributed by atoms with E-state index >= 15 is 0 Å². The van der Waals surface area contributed by atoms with Crippen LogP contribution in [0.5, 0.6) is 5.75 Å². The molecule has 1 spiro atoms. The molecule has 0 aromatic heterocycles. The van der Waals surface area contributed by atoms with Gasteiger partial charge in [-0.1, -0.05) is 48.0 Å². The number of likely N-dealkylation sites (tertiary alicyclic amines) is 1. The summed E-state index contributed by atoms with van der Waals surface area (Å²) in [7, 11) is -3.43. The van der Waals surface area contributed by atoms with Crippen LogP contribution < -0.4 is 20.1 Å². The van der Waals surface area contributed by atoms with Gasteiger partial charge >= 0.3 is 0 Å². The minimum absolute atomic E-state index is 0.155. The number of fused-ring (bicyclic) bond motifs is 3. The normalized spacial score (nSPS) is 19.1. The van der Waals surface area contributed by atoms with Crippen LogP contribution in [0.15, 0.2) is 54.1 Å². The summed E-state index contributed by atoms with van der Waals surface area (Å²) in [5.74, 6) is 0.255. The lowest BCUT2D eigenvalue weighted by atomic mass is 9.74. The number of nitrogens with one attached hydrogen (secondary N) is 1. The van der Waals surface area contributed by atoms with Gasteiger partial charge in [0.2, 0.25) is 21.8 Å². The Morgan fingerprint density at radius 3 is 2.48 bits per heavy atom. The van der Waals surface area contributed by atoms with Gasteiger partial charge in [0.1, 0.15) is 11.8 Å². The first-order valence-corrected chi connectivity index (χ1v) is 15.6. The fourth-order valence-electron chi connectivity index (χ4n) is 5.97. The van der Waals surface area contributed by atoms with Crippen LogP contribution in [0, 0.1) is 0 Å². The van der Waals surface area contributed by atoms with Crippen molar-refractivity contribution in [3.05, 3.63) is 65.2 Å². The summed E-state index contributed by atoms with van der Waals surface area (Å²) >= 11 is 0. The molecule has 0 radical (unpaired) electrons. The van der Waals surface area contributed by atoms with Gasteiger partial charge in [-0.25, -0.2) is 8.42 Å². The van der Waals surface area contributed by atoms with Crippen LogP contribution in [-0.4, -0.2) is 69.2 Å². The Morgan fingerprint density at radius 1 is 1.10 bits per heavy atom. The second kappa shape index (κ2) is 10.6. The Balaban J connectivity index is 1.36. The highest BCUT2D eigenvalue weighted by Crippen LogP contribution is 2.47. The van der Waals surface area contributed by atoms with Gasteiger partial charge in [0, 0.05) is 37.0 Å². The molecule has 0 saturated carbocycles. The number of hydrogen-bond donors (Lipinski definition) is 2. The third-order valence-electron chi connectivity index (χ3n) is 8.24. The van der Waals surface area contributed by atoms with Crippen LogP contribution in [-0.2, 0) is 25.0 Å². The quantitative estimate of drug-likeness (QED) is 0.555. The third-order valence-corrected chi connectivity index (χ3v) is 9.36. The molecule has 1 atom stereocenters. The van der Waals surface area contributed by atoms with Crippen molar-refractivity contribution in [2.45, 2.75) is 56.5 Å². The standard InChI is InChI=1S/C30H38N4O5S/c1-29(2,31)28(36)32-24(19-21-12-17-39-26-11-7-4-8-22(26)18-21)27(35)33-15-13-30(14-16-33)20-34(40(3,37)38)25-10-6-5-9-23(25)30/h4-11,18,24H,12-17,19-20,31H2,1-3H3,(H,32,36). The third kappa shape index (κ3) is 5.60. The van der Waals surface area contributed by atoms with Crippen molar-refractivity contribution in [1.29, 1.82) is 0 Å². The lowest BCUT2D eigenvalue weighted by Gasteiger charge is -2.41. The van der Waals surface area contributed by atoms with Gasteiger partial charge in [0.15, 0.2) is 0 Å². The monoisotopic (exact) mass is 566 g/mol. The molecule has 0 aliphatic carbocycles. The number of anilines is 1. The summed E-state index contributed by atoms with van der Waals surface area (Å²) in [5, 5.41) is 2.93. The van der Waals surface area contributed by atoms with Crippen LogP contribution in [0.2, 0.25) is 0 Å². The molecule has 10 heteroatoms. The molecule has 3 N–H and O–H groups in total. The average Bonchev–Trinajstić information content (AvgIpc) is 3.08. The molecule has 214 valence electrons. The Labute approximate surface area is 236 Å². The van der Waals surface area contributed by atoms with Crippen molar-refractivity contribution in [3.63, 3.8) is 0 Å². The van der Waals surface area contributed by atoms with Gasteiger partial charge in [0.05, 0.1) is 24.1 Å². The van der Waals surface area contributed by atoms with Gasteiger partial charge in [-0.15, -0.1) is 0 Å². The SMILES string of the molecule is CC(C)(N)C(=O)NC(CC1=Cc2ccccc2OCC1)C(=O)N1CCC2(CC1)CN(S(C)(=O)=O)c1ccccc12. The highest BCUT2D eigenvalue weighted by atomic mass is 32.2. The van der Waals surface area contributed by atoms with Crippen molar-refractivity contribution < 1.29 is 22.7 Å². The molecule has 3 aliphatic rings. The summed E-state index contributed by atoms with van der Waals surface area (Å²) in [6.45, 7) is 5.04. The first kappa shape index (κ1) is 28.2. The highest BCUT2D eigenvalue weighted by molar-refractivity contribution is 7.92. The molecule has 9 nitrogen and oxygen atoms in total. The van der Waals surface area contributed by atoms with Crippen molar-refractivity contribution in [3.8, 4) is 5.75 Å². The van der Waals surface area contributed by atoms with Crippen LogP contribution >= 0.6 is 0 Å². The van der Waals surface area contributed by atoms with E-state index < -0.39 is 27.5 Å². The number of carbonyl (C=O) groups is 2. The molecule has 1 saturated heterocycles. The lowest BCUT2D eigenvalue weighted by Crippen LogP contribution is -2.58. The summed E-state index contributed by atoms with van der Waals surface area (Å²) in [4.78, 5) is 28.7. The zero-order valence-electron chi connectivity index (χ0n) is 23.4. The zero-order valence-corrected chi connectivity index (χ0v) is 24.2. The molecule has 1 fully saturated rings. The van der Waals surface area contributed by atoms with Gasteiger partial charge < -0.3 is 20.7 Å². The number of sulfonamides is 1. The molecule has 2 aromatic carbocycles. The van der Waals surface area contributed by atoms with Crippen molar-refractivity contribution >= 4 is 33.6 Å². The average molecular weight is 567 g/mol. The molecule has 1 unspecified atom stereocenters. The topological polar surface area (TPSA) is 122 Å². The highest BCUT2D eigenvalue weighted by Gasteiger charge is 2.48. The lowest BCUT2D eigenvalue weighted by molar-refractivity contribution is -0.138. The van der Waals surface area contributed by atoms with E-state index in [1.807, 2.05) is 54.6 Å². The Hall–Kier alpha value is -3.37. The molecule has 3 aliphatic heterocycles. The molecule has 5 rings (SSSR count). The number of benzene rings is 2. The van der Waals surface area contributed by atoms with Crippen molar-refractivity contribution in [1.82, 2.24) is 10.2 Å². The fraction of sp³-hybridized carbons (Fsp3) is 0.467. The molecule has 0 bridgehead atoms. The number of carbonyl (C=O) groups excluding carboxylic acids is 2. The van der Waals surface area contributed by atoms with Gasteiger partial charge in [-0.3, -0.25) is 13.9 Å². The second-order valence-corrected chi connectivity index (χ2v) is 13.7. The maximum atomic E-state index is 13.9. The largest absolute Gasteiger partial charge is 0.493 e. The van der Waals surface area contributed by atoms with E-state index in [1.54, 1.807) is 18.7 Å². The molecule has 2 aromatic rings. The van der Waals surface area contributed by atoms with Gasteiger partial charge in [-0.2, -0.15) is 0 Å². The van der Waals surface area contributed by atoms with E-state index in [0.717, 1.165) is 28.1 Å². The summed E-state index contributed by atoms with van der Waals surface area (Å²) < 4.78 is 32.5. The van der Waals surface area contributed by atoms with E-state index in [-0.39, 0.29) is 11.3 Å². The maximum Gasteiger partial charge on any atom is 0.245 e. The number of piperidine rings is 1. The van der Waals surface area contributed by atoms with Gasteiger partial charge in [0.25, 0.3) is 0 Å². The first-order valence-electron chi connectivity index (χ1n) is 13.7. The van der Waals surface area contributed by atoms with E-state index in [4.69, 9.17) is 10.5 Å². The number of nitrogens with zero attached hydrogens (tertiary/aromatic N) is 2. The fourth-order valence-corrected chi connectivity index (χ4v) is 6.96. The number of amides is 2. The molecule has 3 heterocycles. The predicted molar refractivity (Wildman–Crippen MR) is 155 cm³/mol. The smallest absolute Gasteiger partial charge is 0.245 e. The minimum atomic E-state index is -3.43. The van der Waals surface area contributed by atoms with E-state index in [2.05, 4.69) is 5.32 Å². The molecular weight excluding hydrogens is 528 g/mol. The minimum Gasteiger partial charge on any atom is -0.493 e. The van der Waals surface area contributed by atoms with Crippen LogP contribution in [0.25, 0.3) is 6.08 Å². The van der Waals surface area contributed by atoms with Crippen LogP contribution in [0.1, 0.15) is 50.7 Å². The first-order chi connectivity index (χ1) is 18.9. The zero-order chi connectivity index (χ0) is 28.7. The van der Waals surface area contributed by atoms with Crippen molar-refractivity contribution in [2.75, 3.05) is 36.8 Å². The molecular formula is C30H38N4O5S. The molecule has 40 heavy (non-hydrogen) atoms. The van der Waals surface area contributed by atoms with Crippen LogP contribution in [0.3, 0.4) is 0 Å². The number of hydrogen-bond acceptors (Lipinski definition) is 6. The van der Waals surface area contributed by atoms with Gasteiger partial charge in [-0.05, 0) is 50.8 Å². The van der Waals surface area contributed by atoms with E-state index in [9.17, 15) is 18.0 Å². The Morgan fingerprint density at radius 2 is 1.77 bits per heavy atom. The number of rotatable bonds is 6. The molecule has 2 amide bonds. The summed E-state index contributed by atoms with van der Waals surface area (Å²) in [6.07, 6.45) is 5.54. The van der Waals surface area contributed by atoms with Crippen molar-refractivity contribution in [2.24, 2.45) is 5.73 Å². The number of para-hydroxylation sites is 2.